The fraction of sp³-hybridized carbons (Fsp3) is 0.120. The van der Waals surface area contributed by atoms with E-state index in [9.17, 15) is 9.18 Å². The summed E-state index contributed by atoms with van der Waals surface area (Å²) in [5.41, 5.74) is 4.35. The number of nitrogens with one attached hydrogen (secondary N) is 1. The minimum absolute atomic E-state index is 0.248. The summed E-state index contributed by atoms with van der Waals surface area (Å²) in [5.74, 6) is -0.154. The Labute approximate surface area is 178 Å². The van der Waals surface area contributed by atoms with Crippen molar-refractivity contribution in [2.75, 3.05) is 11.9 Å². The second-order valence-corrected chi connectivity index (χ2v) is 7.25. The predicted molar refractivity (Wildman–Crippen MR) is 118 cm³/mol. The van der Waals surface area contributed by atoms with Crippen molar-refractivity contribution >= 4 is 28.6 Å². The fourth-order valence-electron chi connectivity index (χ4n) is 4.06. The van der Waals surface area contributed by atoms with Gasteiger partial charge in [-0.2, -0.15) is 0 Å². The molecule has 0 fully saturated rings. The molecule has 0 bridgehead atoms. The molecule has 0 unspecified atom stereocenters. The van der Waals surface area contributed by atoms with Crippen molar-refractivity contribution < 1.29 is 13.9 Å². The summed E-state index contributed by atoms with van der Waals surface area (Å²) in [5, 5.41) is 3.32. The molecule has 0 saturated carbocycles. The molecular formula is C25H20FN3O2. The van der Waals surface area contributed by atoms with Gasteiger partial charge < -0.3 is 10.1 Å². The molecule has 31 heavy (non-hydrogen) atoms. The average Bonchev–Trinajstić information content (AvgIpc) is 3.17. The van der Waals surface area contributed by atoms with E-state index in [4.69, 9.17) is 9.72 Å². The molecule has 1 N–H and O–H groups in total. The van der Waals surface area contributed by atoms with E-state index < -0.39 is 12.0 Å². The Balaban J connectivity index is 1.82. The van der Waals surface area contributed by atoms with Gasteiger partial charge in [0.15, 0.2) is 0 Å². The van der Waals surface area contributed by atoms with Crippen LogP contribution in [-0.4, -0.2) is 22.1 Å². The number of carbonyl (C=O) groups is 1. The highest BCUT2D eigenvalue weighted by molar-refractivity contribution is 6.03. The number of ether oxygens (including phenoxy) is 1. The first-order valence-corrected chi connectivity index (χ1v) is 10.1. The van der Waals surface area contributed by atoms with Crippen LogP contribution in [0.4, 0.5) is 10.3 Å². The van der Waals surface area contributed by atoms with Gasteiger partial charge in [-0.05, 0) is 54.4 Å². The van der Waals surface area contributed by atoms with Crippen molar-refractivity contribution in [2.24, 2.45) is 0 Å². The van der Waals surface area contributed by atoms with Crippen LogP contribution in [0.25, 0.3) is 16.7 Å². The van der Waals surface area contributed by atoms with Crippen LogP contribution in [0, 0.1) is 5.82 Å². The molecule has 0 aliphatic carbocycles. The van der Waals surface area contributed by atoms with E-state index in [0.29, 0.717) is 22.8 Å². The smallest absolute Gasteiger partial charge is 0.338 e. The topological polar surface area (TPSA) is 56.1 Å². The quantitative estimate of drug-likeness (QED) is 0.469. The first-order chi connectivity index (χ1) is 15.2. The third-order valence-corrected chi connectivity index (χ3v) is 5.38. The van der Waals surface area contributed by atoms with Crippen LogP contribution in [-0.2, 0) is 9.53 Å². The van der Waals surface area contributed by atoms with Gasteiger partial charge in [0, 0.05) is 0 Å². The Kier molecular flexibility index (Phi) is 4.75. The molecule has 6 heteroatoms. The van der Waals surface area contributed by atoms with Crippen molar-refractivity contribution in [3.63, 3.8) is 0 Å². The number of halogens is 1. The summed E-state index contributed by atoms with van der Waals surface area (Å²) in [7, 11) is 0. The maximum atomic E-state index is 13.6. The molecular weight excluding hydrogens is 393 g/mol. The Bertz CT molecular complexity index is 1290. The Morgan fingerprint density at radius 3 is 2.48 bits per heavy atom. The van der Waals surface area contributed by atoms with Gasteiger partial charge in [-0.25, -0.2) is 14.2 Å². The molecule has 4 aromatic rings. The minimum atomic E-state index is -0.455. The number of rotatable bonds is 4. The number of esters is 1. The van der Waals surface area contributed by atoms with Gasteiger partial charge in [-0.1, -0.05) is 42.5 Å². The minimum Gasteiger partial charge on any atom is -0.463 e. The summed E-state index contributed by atoms with van der Waals surface area (Å²) in [6.07, 6.45) is 0. The standard InChI is InChI=1S/C25H20FN3O2/c1-2-31-24(30)21-22(16-12-14-18(26)15-13-16)28-25-27-19-10-6-7-11-20(19)29(25)23(21)17-8-4-3-5-9-17/h3-15,23H,2H2,1H3,(H,27,28)/t23-/m0/s1. The Morgan fingerprint density at radius 2 is 1.74 bits per heavy atom. The normalized spacial score (nSPS) is 15.5. The molecule has 0 amide bonds. The third-order valence-electron chi connectivity index (χ3n) is 5.38. The van der Waals surface area contributed by atoms with Gasteiger partial charge in [0.2, 0.25) is 5.95 Å². The van der Waals surface area contributed by atoms with Gasteiger partial charge in [0.05, 0.1) is 35.0 Å². The number of hydrogen-bond donors (Lipinski definition) is 1. The lowest BCUT2D eigenvalue weighted by molar-refractivity contribution is -0.138. The van der Waals surface area contributed by atoms with Crippen LogP contribution in [0.1, 0.15) is 24.1 Å². The molecule has 1 aromatic heterocycles. The molecule has 2 heterocycles. The van der Waals surface area contributed by atoms with E-state index in [0.717, 1.165) is 16.6 Å². The predicted octanol–water partition coefficient (Wildman–Crippen LogP) is 5.16. The third kappa shape index (κ3) is 3.26. The molecule has 0 spiro atoms. The molecule has 1 aliphatic rings. The first-order valence-electron chi connectivity index (χ1n) is 10.1. The van der Waals surface area contributed by atoms with Crippen LogP contribution < -0.4 is 5.32 Å². The van der Waals surface area contributed by atoms with E-state index in [2.05, 4.69) is 5.32 Å². The van der Waals surface area contributed by atoms with E-state index in [1.54, 1.807) is 19.1 Å². The number of aromatic nitrogens is 2. The van der Waals surface area contributed by atoms with E-state index >= 15 is 0 Å². The lowest BCUT2D eigenvalue weighted by Crippen LogP contribution is -2.29. The zero-order chi connectivity index (χ0) is 21.4. The largest absolute Gasteiger partial charge is 0.463 e. The molecule has 3 aromatic carbocycles. The number of benzene rings is 3. The zero-order valence-electron chi connectivity index (χ0n) is 16.9. The van der Waals surface area contributed by atoms with Gasteiger partial charge in [-0.3, -0.25) is 4.57 Å². The van der Waals surface area contributed by atoms with Crippen LogP contribution in [0.5, 0.6) is 0 Å². The van der Waals surface area contributed by atoms with Gasteiger partial charge in [0.1, 0.15) is 5.82 Å². The second-order valence-electron chi connectivity index (χ2n) is 7.25. The van der Waals surface area contributed by atoms with Crippen molar-refractivity contribution in [3.05, 3.63) is 101 Å². The number of imidazole rings is 1. The highest BCUT2D eigenvalue weighted by Crippen LogP contribution is 2.42. The summed E-state index contributed by atoms with van der Waals surface area (Å²) in [6.45, 7) is 2.03. The number of para-hydroxylation sites is 2. The van der Waals surface area contributed by atoms with Gasteiger partial charge >= 0.3 is 5.97 Å². The highest BCUT2D eigenvalue weighted by Gasteiger charge is 2.36. The first kappa shape index (κ1) is 19.1. The molecule has 154 valence electrons. The zero-order valence-corrected chi connectivity index (χ0v) is 16.9. The molecule has 5 nitrogen and oxygen atoms in total. The molecule has 1 atom stereocenters. The van der Waals surface area contributed by atoms with Crippen LogP contribution in [0.3, 0.4) is 0 Å². The van der Waals surface area contributed by atoms with Crippen molar-refractivity contribution in [1.29, 1.82) is 0 Å². The van der Waals surface area contributed by atoms with Crippen LogP contribution in [0.2, 0.25) is 0 Å². The summed E-state index contributed by atoms with van der Waals surface area (Å²) in [4.78, 5) is 18.0. The maximum absolute atomic E-state index is 13.6. The summed E-state index contributed by atoms with van der Waals surface area (Å²) >= 11 is 0. The number of anilines is 1. The average molecular weight is 413 g/mol. The Morgan fingerprint density at radius 1 is 1.03 bits per heavy atom. The van der Waals surface area contributed by atoms with Crippen molar-refractivity contribution in [3.8, 4) is 0 Å². The summed E-state index contributed by atoms with van der Waals surface area (Å²) < 4.78 is 21.1. The van der Waals surface area contributed by atoms with Crippen LogP contribution >= 0.6 is 0 Å². The number of nitrogens with zero attached hydrogens (tertiary/aromatic N) is 2. The van der Waals surface area contributed by atoms with Crippen molar-refractivity contribution in [2.45, 2.75) is 13.0 Å². The SMILES string of the molecule is CCOC(=O)C1=C(c2ccc(F)cc2)Nc2nc3ccccc3n2[C@H]1c1ccccc1. The molecule has 1 aliphatic heterocycles. The lowest BCUT2D eigenvalue weighted by Gasteiger charge is -2.31. The van der Waals surface area contributed by atoms with E-state index in [1.807, 2.05) is 59.2 Å². The maximum Gasteiger partial charge on any atom is 0.338 e. The van der Waals surface area contributed by atoms with E-state index in [1.165, 1.54) is 12.1 Å². The van der Waals surface area contributed by atoms with Gasteiger partial charge in [0.25, 0.3) is 0 Å². The fourth-order valence-corrected chi connectivity index (χ4v) is 4.06. The monoisotopic (exact) mass is 413 g/mol. The number of fused-ring (bicyclic) bond motifs is 3. The van der Waals surface area contributed by atoms with Crippen molar-refractivity contribution in [1.82, 2.24) is 9.55 Å². The molecule has 5 rings (SSSR count). The van der Waals surface area contributed by atoms with Crippen LogP contribution in [0.15, 0.2) is 84.4 Å². The number of hydrogen-bond acceptors (Lipinski definition) is 4. The molecule has 0 radical (unpaired) electrons. The number of carbonyl (C=O) groups excluding carboxylic acids is 1. The molecule has 0 saturated heterocycles. The van der Waals surface area contributed by atoms with E-state index in [-0.39, 0.29) is 12.4 Å². The summed E-state index contributed by atoms with van der Waals surface area (Å²) in [6, 6.07) is 23.2. The highest BCUT2D eigenvalue weighted by atomic mass is 19.1. The Hall–Kier alpha value is -3.93. The lowest BCUT2D eigenvalue weighted by atomic mass is 9.92. The van der Waals surface area contributed by atoms with Gasteiger partial charge in [-0.15, -0.1) is 0 Å². The second kappa shape index (κ2) is 7.72.